The van der Waals surface area contributed by atoms with Crippen molar-refractivity contribution < 1.29 is 0 Å². The molecule has 0 aromatic carbocycles. The number of piperidine rings is 1. The van der Waals surface area contributed by atoms with E-state index >= 15 is 0 Å². The molecule has 1 unspecified atom stereocenters. The third kappa shape index (κ3) is 4.53. The number of hydrogen-bond donors (Lipinski definition) is 1. The topological polar surface area (TPSA) is 75.9 Å². The first-order chi connectivity index (χ1) is 13.3. The fourth-order valence-electron chi connectivity index (χ4n) is 4.18. The Morgan fingerprint density at radius 3 is 2.93 bits per heavy atom. The molecule has 2 aromatic rings. The van der Waals surface area contributed by atoms with Crippen LogP contribution in [0.5, 0.6) is 0 Å². The Balaban J connectivity index is 1.38. The second-order valence-corrected chi connectivity index (χ2v) is 7.54. The summed E-state index contributed by atoms with van der Waals surface area (Å²) in [6.07, 6.45) is 13.1. The first-order valence-corrected chi connectivity index (χ1v) is 10.1. The van der Waals surface area contributed by atoms with Gasteiger partial charge in [-0.05, 0) is 50.6 Å². The van der Waals surface area contributed by atoms with Crippen LogP contribution in [0, 0.1) is 0 Å². The van der Waals surface area contributed by atoms with E-state index in [0.717, 1.165) is 49.6 Å². The van der Waals surface area contributed by atoms with Gasteiger partial charge in [-0.25, -0.2) is 9.67 Å². The number of nitrogens with zero attached hydrogens (tertiary/aromatic N) is 5. The summed E-state index contributed by atoms with van der Waals surface area (Å²) >= 11 is 0. The number of aryl methyl sites for hydroxylation is 2. The maximum absolute atomic E-state index is 12.4. The molecule has 1 N–H and O–H groups in total. The fourth-order valence-corrected chi connectivity index (χ4v) is 4.18. The van der Waals surface area contributed by atoms with Gasteiger partial charge >= 0.3 is 0 Å². The van der Waals surface area contributed by atoms with Crippen molar-refractivity contribution in [3.05, 3.63) is 46.3 Å². The SMILES string of the molecule is O=c1cc2c(nn1CCN1CCCCC1CNc1cnccn1)CCCC2. The van der Waals surface area contributed by atoms with Gasteiger partial charge in [-0.3, -0.25) is 14.7 Å². The van der Waals surface area contributed by atoms with Crippen molar-refractivity contribution >= 4 is 5.82 Å². The number of rotatable bonds is 6. The monoisotopic (exact) mass is 368 g/mol. The molecule has 4 rings (SSSR count). The third-order valence-electron chi connectivity index (χ3n) is 5.70. The van der Waals surface area contributed by atoms with Gasteiger partial charge in [-0.2, -0.15) is 5.10 Å². The van der Waals surface area contributed by atoms with Gasteiger partial charge in [0, 0.05) is 37.6 Å². The van der Waals surface area contributed by atoms with E-state index in [-0.39, 0.29) is 5.56 Å². The first-order valence-electron chi connectivity index (χ1n) is 10.1. The Kier molecular flexibility index (Phi) is 5.77. The third-order valence-corrected chi connectivity index (χ3v) is 5.70. The van der Waals surface area contributed by atoms with E-state index in [2.05, 4.69) is 25.3 Å². The van der Waals surface area contributed by atoms with E-state index in [9.17, 15) is 4.79 Å². The van der Waals surface area contributed by atoms with Crippen LogP contribution in [-0.2, 0) is 19.4 Å². The molecule has 0 spiro atoms. The Morgan fingerprint density at radius 1 is 1.11 bits per heavy atom. The molecule has 1 saturated heterocycles. The highest BCUT2D eigenvalue weighted by Gasteiger charge is 2.22. The van der Waals surface area contributed by atoms with Crippen LogP contribution in [0.25, 0.3) is 0 Å². The van der Waals surface area contributed by atoms with Gasteiger partial charge in [0.15, 0.2) is 0 Å². The molecule has 27 heavy (non-hydrogen) atoms. The largest absolute Gasteiger partial charge is 0.367 e. The Bertz CT molecular complexity index is 806. The van der Waals surface area contributed by atoms with Crippen LogP contribution in [0.3, 0.4) is 0 Å². The standard InChI is InChI=1S/C20H28N6O/c27-20-13-16-5-1-2-7-18(16)24-26(20)12-11-25-10-4-3-6-17(25)14-23-19-15-21-8-9-22-19/h8-9,13,15,17H,1-7,10-12,14H2,(H,22,23). The molecular formula is C20H28N6O. The van der Waals surface area contributed by atoms with Crippen molar-refractivity contribution in [3.8, 4) is 0 Å². The summed E-state index contributed by atoms with van der Waals surface area (Å²) in [5, 5.41) is 8.05. The van der Waals surface area contributed by atoms with Crippen molar-refractivity contribution in [2.75, 3.05) is 25.0 Å². The zero-order chi connectivity index (χ0) is 18.5. The number of hydrogen-bond acceptors (Lipinski definition) is 6. The van der Waals surface area contributed by atoms with Crippen LogP contribution in [0.2, 0.25) is 0 Å². The van der Waals surface area contributed by atoms with Gasteiger partial charge in [0.1, 0.15) is 5.82 Å². The summed E-state index contributed by atoms with van der Waals surface area (Å²) in [6.45, 7) is 3.45. The summed E-state index contributed by atoms with van der Waals surface area (Å²) in [4.78, 5) is 23.3. The lowest BCUT2D eigenvalue weighted by molar-refractivity contribution is 0.147. The number of nitrogens with one attached hydrogen (secondary N) is 1. The van der Waals surface area contributed by atoms with Crippen molar-refractivity contribution in [1.82, 2.24) is 24.6 Å². The molecule has 144 valence electrons. The number of fused-ring (bicyclic) bond motifs is 1. The molecule has 2 aliphatic rings. The first kappa shape index (κ1) is 18.1. The molecule has 1 aliphatic carbocycles. The summed E-state index contributed by atoms with van der Waals surface area (Å²) in [7, 11) is 0. The number of likely N-dealkylation sites (tertiary alicyclic amines) is 1. The van der Waals surface area contributed by atoms with E-state index in [4.69, 9.17) is 0 Å². The molecule has 3 heterocycles. The molecule has 0 amide bonds. The van der Waals surface area contributed by atoms with Crippen LogP contribution < -0.4 is 10.9 Å². The van der Waals surface area contributed by atoms with Gasteiger partial charge in [-0.1, -0.05) is 6.42 Å². The average Bonchev–Trinajstić information content (AvgIpc) is 2.72. The highest BCUT2D eigenvalue weighted by Crippen LogP contribution is 2.18. The van der Waals surface area contributed by atoms with Crippen LogP contribution in [0.4, 0.5) is 5.82 Å². The highest BCUT2D eigenvalue weighted by molar-refractivity contribution is 5.30. The summed E-state index contributed by atoms with van der Waals surface area (Å²) in [5.74, 6) is 0.815. The number of anilines is 1. The minimum atomic E-state index is 0.0434. The predicted octanol–water partition coefficient (Wildman–Crippen LogP) is 1.88. The summed E-state index contributed by atoms with van der Waals surface area (Å²) in [6, 6.07) is 2.26. The lowest BCUT2D eigenvalue weighted by atomic mass is 9.97. The van der Waals surface area contributed by atoms with E-state index < -0.39 is 0 Å². The second kappa shape index (κ2) is 8.61. The van der Waals surface area contributed by atoms with Gasteiger partial charge in [0.25, 0.3) is 5.56 Å². The van der Waals surface area contributed by atoms with Crippen molar-refractivity contribution in [1.29, 1.82) is 0 Å². The van der Waals surface area contributed by atoms with Crippen molar-refractivity contribution in [2.24, 2.45) is 0 Å². The zero-order valence-corrected chi connectivity index (χ0v) is 15.8. The molecule has 7 heteroatoms. The smallest absolute Gasteiger partial charge is 0.267 e. The van der Waals surface area contributed by atoms with E-state index in [0.29, 0.717) is 12.6 Å². The molecule has 0 saturated carbocycles. The number of aromatic nitrogens is 4. The molecule has 7 nitrogen and oxygen atoms in total. The van der Waals surface area contributed by atoms with Crippen LogP contribution >= 0.6 is 0 Å². The fraction of sp³-hybridized carbons (Fsp3) is 0.600. The minimum absolute atomic E-state index is 0.0434. The van der Waals surface area contributed by atoms with Gasteiger partial charge < -0.3 is 5.32 Å². The quantitative estimate of drug-likeness (QED) is 0.839. The van der Waals surface area contributed by atoms with Gasteiger partial charge in [-0.15, -0.1) is 0 Å². The average molecular weight is 368 g/mol. The molecular weight excluding hydrogens is 340 g/mol. The van der Waals surface area contributed by atoms with Gasteiger partial charge in [0.05, 0.1) is 18.4 Å². The van der Waals surface area contributed by atoms with E-state index in [1.54, 1.807) is 23.3 Å². The minimum Gasteiger partial charge on any atom is -0.367 e. The normalized spacial score (nSPS) is 20.2. The molecule has 1 atom stereocenters. The second-order valence-electron chi connectivity index (χ2n) is 7.54. The van der Waals surface area contributed by atoms with Crippen LogP contribution in [0.15, 0.2) is 29.5 Å². The Morgan fingerprint density at radius 2 is 2.04 bits per heavy atom. The molecule has 1 aliphatic heterocycles. The van der Waals surface area contributed by atoms with E-state index in [1.165, 1.54) is 32.1 Å². The van der Waals surface area contributed by atoms with E-state index in [1.807, 2.05) is 6.07 Å². The lowest BCUT2D eigenvalue weighted by Crippen LogP contribution is -2.45. The van der Waals surface area contributed by atoms with Crippen molar-refractivity contribution in [3.63, 3.8) is 0 Å². The summed E-state index contributed by atoms with van der Waals surface area (Å²) < 4.78 is 1.67. The van der Waals surface area contributed by atoms with Crippen LogP contribution in [-0.4, -0.2) is 50.3 Å². The highest BCUT2D eigenvalue weighted by atomic mass is 16.1. The predicted molar refractivity (Wildman–Crippen MR) is 105 cm³/mol. The summed E-state index contributed by atoms with van der Waals surface area (Å²) in [5.41, 5.74) is 2.33. The lowest BCUT2D eigenvalue weighted by Gasteiger charge is -2.36. The maximum atomic E-state index is 12.4. The molecule has 0 radical (unpaired) electrons. The molecule has 2 aromatic heterocycles. The molecule has 0 bridgehead atoms. The maximum Gasteiger partial charge on any atom is 0.267 e. The zero-order valence-electron chi connectivity index (χ0n) is 15.8. The van der Waals surface area contributed by atoms with Gasteiger partial charge in [0.2, 0.25) is 0 Å². The van der Waals surface area contributed by atoms with Crippen molar-refractivity contribution in [2.45, 2.75) is 57.5 Å². The van der Waals surface area contributed by atoms with Crippen LogP contribution in [0.1, 0.15) is 43.4 Å². The Labute approximate surface area is 159 Å². The molecule has 1 fully saturated rings. The Hall–Kier alpha value is -2.28.